The Bertz CT molecular complexity index is 1290. The first kappa shape index (κ1) is 18.4. The van der Waals surface area contributed by atoms with Gasteiger partial charge >= 0.3 is 0 Å². The summed E-state index contributed by atoms with van der Waals surface area (Å²) in [4.78, 5) is 10.7. The Morgan fingerprint density at radius 2 is 2.10 bits per heavy atom. The van der Waals surface area contributed by atoms with Crippen molar-refractivity contribution in [1.82, 2.24) is 14.9 Å². The number of oxazole rings is 1. The molecule has 150 valence electrons. The number of hydrogen-bond donors (Lipinski definition) is 1. The molecule has 4 aromatic rings. The zero-order valence-electron chi connectivity index (χ0n) is 16.3. The highest BCUT2D eigenvalue weighted by Gasteiger charge is 2.28. The molecular formula is C22H23N3O3S. The first-order valence-electron chi connectivity index (χ1n) is 9.94. The monoisotopic (exact) mass is 409 g/mol. The van der Waals surface area contributed by atoms with Gasteiger partial charge < -0.3 is 9.40 Å². The highest BCUT2D eigenvalue weighted by molar-refractivity contribution is 7.91. The van der Waals surface area contributed by atoms with Crippen LogP contribution < -0.4 is 0 Å². The summed E-state index contributed by atoms with van der Waals surface area (Å²) in [5, 5.41) is 1.27. The fourth-order valence-electron chi connectivity index (χ4n) is 4.14. The highest BCUT2D eigenvalue weighted by Crippen LogP contribution is 2.31. The molecule has 0 amide bonds. The van der Waals surface area contributed by atoms with Gasteiger partial charge in [-0.3, -0.25) is 4.90 Å². The van der Waals surface area contributed by atoms with Crippen molar-refractivity contribution in [3.05, 3.63) is 60.1 Å². The molecule has 3 heterocycles. The molecule has 1 aliphatic heterocycles. The van der Waals surface area contributed by atoms with Gasteiger partial charge in [0.25, 0.3) is 0 Å². The van der Waals surface area contributed by atoms with Crippen LogP contribution in [0.25, 0.3) is 22.0 Å². The fourth-order valence-corrected chi connectivity index (χ4v) is 5.04. The third-order valence-electron chi connectivity index (χ3n) is 5.81. The lowest BCUT2D eigenvalue weighted by Gasteiger charge is -2.14. The Hall–Kier alpha value is -2.64. The standard InChI is InChI=1S/C22H23N3O3S/c1-2-29(26,27)17-7-8-21-20(11-17)24-22(28-21)15-9-10-25(13-15)14-16-12-23-19-6-4-3-5-18(16)19/h3-8,11-12,15,23H,2,9-10,13-14H2,1H3. The molecule has 7 heteroatoms. The molecule has 0 radical (unpaired) electrons. The molecule has 1 atom stereocenters. The number of hydrogen-bond acceptors (Lipinski definition) is 5. The number of H-pyrrole nitrogens is 1. The van der Waals surface area contributed by atoms with Gasteiger partial charge in [0.2, 0.25) is 0 Å². The van der Waals surface area contributed by atoms with Gasteiger partial charge in [-0.05, 0) is 42.8 Å². The maximum atomic E-state index is 12.1. The molecule has 0 bridgehead atoms. The zero-order chi connectivity index (χ0) is 20.0. The number of aromatic nitrogens is 2. The fraction of sp³-hybridized carbons (Fsp3) is 0.318. The van der Waals surface area contributed by atoms with Gasteiger partial charge in [-0.1, -0.05) is 25.1 Å². The Morgan fingerprint density at radius 3 is 2.97 bits per heavy atom. The number of sulfone groups is 1. The van der Waals surface area contributed by atoms with Crippen LogP contribution in [0.3, 0.4) is 0 Å². The van der Waals surface area contributed by atoms with E-state index in [1.807, 2.05) is 6.07 Å². The van der Waals surface area contributed by atoms with Crippen LogP contribution in [0, 0.1) is 0 Å². The van der Waals surface area contributed by atoms with Crippen LogP contribution in [-0.2, 0) is 16.4 Å². The summed E-state index contributed by atoms with van der Waals surface area (Å²) in [5.41, 5.74) is 3.72. The van der Waals surface area contributed by atoms with Gasteiger partial charge in [0.05, 0.1) is 10.6 Å². The first-order valence-corrected chi connectivity index (χ1v) is 11.6. The van der Waals surface area contributed by atoms with E-state index >= 15 is 0 Å². The van der Waals surface area contributed by atoms with E-state index in [2.05, 4.69) is 39.3 Å². The predicted molar refractivity (Wildman–Crippen MR) is 113 cm³/mol. The van der Waals surface area contributed by atoms with Gasteiger partial charge in [-0.15, -0.1) is 0 Å². The minimum Gasteiger partial charge on any atom is -0.440 e. The van der Waals surface area contributed by atoms with Crippen molar-refractivity contribution in [2.45, 2.75) is 30.7 Å². The molecule has 1 aliphatic rings. The van der Waals surface area contributed by atoms with E-state index < -0.39 is 9.84 Å². The lowest BCUT2D eigenvalue weighted by atomic mass is 10.1. The quantitative estimate of drug-likeness (QED) is 0.537. The number of nitrogens with zero attached hydrogens (tertiary/aromatic N) is 2. The van der Waals surface area contributed by atoms with Gasteiger partial charge in [0, 0.05) is 36.1 Å². The van der Waals surface area contributed by atoms with Crippen LogP contribution >= 0.6 is 0 Å². The number of aromatic amines is 1. The first-order chi connectivity index (χ1) is 14.0. The maximum Gasteiger partial charge on any atom is 0.199 e. The van der Waals surface area contributed by atoms with E-state index in [1.165, 1.54) is 10.9 Å². The van der Waals surface area contributed by atoms with E-state index in [-0.39, 0.29) is 11.7 Å². The van der Waals surface area contributed by atoms with Gasteiger partial charge in [-0.25, -0.2) is 13.4 Å². The molecular weight excluding hydrogens is 386 g/mol. The predicted octanol–water partition coefficient (Wildman–Crippen LogP) is 4.09. The van der Waals surface area contributed by atoms with E-state index in [4.69, 9.17) is 4.42 Å². The molecule has 5 rings (SSSR count). The van der Waals surface area contributed by atoms with Crippen LogP contribution in [-0.4, -0.2) is 42.1 Å². The molecule has 29 heavy (non-hydrogen) atoms. The Kier molecular flexibility index (Phi) is 4.44. The summed E-state index contributed by atoms with van der Waals surface area (Å²) in [6.07, 6.45) is 3.07. The number of benzene rings is 2. The summed E-state index contributed by atoms with van der Waals surface area (Å²) in [6.45, 7) is 4.40. The lowest BCUT2D eigenvalue weighted by molar-refractivity contribution is 0.322. The minimum atomic E-state index is -3.25. The van der Waals surface area contributed by atoms with Crippen LogP contribution in [0.1, 0.15) is 30.7 Å². The van der Waals surface area contributed by atoms with Crippen LogP contribution in [0.4, 0.5) is 0 Å². The third-order valence-corrected chi connectivity index (χ3v) is 7.54. The summed E-state index contributed by atoms with van der Waals surface area (Å²) in [7, 11) is -3.25. The third kappa shape index (κ3) is 3.34. The van der Waals surface area contributed by atoms with Crippen molar-refractivity contribution in [2.24, 2.45) is 0 Å². The average molecular weight is 410 g/mol. The number of rotatable bonds is 5. The van der Waals surface area contributed by atoms with Crippen LogP contribution in [0.5, 0.6) is 0 Å². The second kappa shape index (κ2) is 7.00. The molecule has 1 fully saturated rings. The number of likely N-dealkylation sites (tertiary alicyclic amines) is 1. The minimum absolute atomic E-state index is 0.0780. The van der Waals surface area contributed by atoms with Crippen molar-refractivity contribution in [2.75, 3.05) is 18.8 Å². The number of para-hydroxylation sites is 1. The van der Waals surface area contributed by atoms with Crippen molar-refractivity contribution < 1.29 is 12.8 Å². The van der Waals surface area contributed by atoms with E-state index in [1.54, 1.807) is 25.1 Å². The number of nitrogens with one attached hydrogen (secondary N) is 1. The average Bonchev–Trinajstić information content (AvgIpc) is 3.46. The van der Waals surface area contributed by atoms with Gasteiger partial charge in [-0.2, -0.15) is 0 Å². The largest absolute Gasteiger partial charge is 0.440 e. The van der Waals surface area contributed by atoms with E-state index in [0.717, 1.165) is 31.6 Å². The van der Waals surface area contributed by atoms with Crippen molar-refractivity contribution in [3.63, 3.8) is 0 Å². The molecule has 0 saturated carbocycles. The highest BCUT2D eigenvalue weighted by atomic mass is 32.2. The molecule has 0 aliphatic carbocycles. The van der Waals surface area contributed by atoms with Crippen molar-refractivity contribution in [3.8, 4) is 0 Å². The summed E-state index contributed by atoms with van der Waals surface area (Å²) in [5.74, 6) is 1.00. The van der Waals surface area contributed by atoms with E-state index in [0.29, 0.717) is 21.9 Å². The molecule has 1 saturated heterocycles. The van der Waals surface area contributed by atoms with Crippen LogP contribution in [0.15, 0.2) is 58.0 Å². The molecule has 2 aromatic heterocycles. The topological polar surface area (TPSA) is 79.2 Å². The Morgan fingerprint density at radius 1 is 1.24 bits per heavy atom. The molecule has 6 nitrogen and oxygen atoms in total. The molecule has 0 spiro atoms. The zero-order valence-corrected chi connectivity index (χ0v) is 17.1. The normalized spacial score (nSPS) is 18.2. The number of fused-ring (bicyclic) bond motifs is 2. The summed E-state index contributed by atoms with van der Waals surface area (Å²) < 4.78 is 30.2. The van der Waals surface area contributed by atoms with Crippen molar-refractivity contribution in [1.29, 1.82) is 0 Å². The van der Waals surface area contributed by atoms with Crippen LogP contribution in [0.2, 0.25) is 0 Å². The van der Waals surface area contributed by atoms with Gasteiger partial charge in [0.1, 0.15) is 5.52 Å². The molecule has 1 N–H and O–H groups in total. The maximum absolute atomic E-state index is 12.1. The SMILES string of the molecule is CCS(=O)(=O)c1ccc2oc(C3CCN(Cc4c[nH]c5ccccc45)C3)nc2c1. The lowest BCUT2D eigenvalue weighted by Crippen LogP contribution is -2.19. The smallest absolute Gasteiger partial charge is 0.199 e. The second-order valence-electron chi connectivity index (χ2n) is 7.67. The van der Waals surface area contributed by atoms with E-state index in [9.17, 15) is 8.42 Å². The Labute approximate surface area is 169 Å². The van der Waals surface area contributed by atoms with Gasteiger partial charge in [0.15, 0.2) is 21.3 Å². The summed E-state index contributed by atoms with van der Waals surface area (Å²) >= 11 is 0. The molecule has 1 unspecified atom stereocenters. The van der Waals surface area contributed by atoms with Crippen molar-refractivity contribution >= 4 is 31.8 Å². The molecule has 2 aromatic carbocycles. The second-order valence-corrected chi connectivity index (χ2v) is 9.94. The summed E-state index contributed by atoms with van der Waals surface area (Å²) in [6, 6.07) is 13.3. The Balaban J connectivity index is 1.35.